The van der Waals surface area contributed by atoms with Crippen LogP contribution in [0.25, 0.3) is 17.8 Å². The Labute approximate surface area is 137 Å². The normalized spacial score (nSPS) is 12.6. The third-order valence-corrected chi connectivity index (χ3v) is 3.66. The van der Waals surface area contributed by atoms with Gasteiger partial charge in [-0.3, -0.25) is 0 Å². The SMILES string of the molecule is Cc1c(C(F)(F)F)nc2ccc(/C=C/c3nc(Br)cn3C)nn12. The molecule has 0 aliphatic heterocycles. The lowest BCUT2D eigenvalue weighted by Gasteiger charge is -2.02. The second kappa shape index (κ2) is 5.48. The third kappa shape index (κ3) is 3.00. The Morgan fingerprint density at radius 2 is 1.91 bits per heavy atom. The summed E-state index contributed by atoms with van der Waals surface area (Å²) in [7, 11) is 1.84. The Balaban J connectivity index is 2.00. The quantitative estimate of drug-likeness (QED) is 0.675. The van der Waals surface area contributed by atoms with Gasteiger partial charge in [0, 0.05) is 13.2 Å². The molecule has 0 saturated heterocycles. The van der Waals surface area contributed by atoms with Crippen molar-refractivity contribution in [1.29, 1.82) is 0 Å². The van der Waals surface area contributed by atoms with Crippen LogP contribution in [0.2, 0.25) is 0 Å². The average molecular weight is 386 g/mol. The van der Waals surface area contributed by atoms with Gasteiger partial charge < -0.3 is 4.57 Å². The first-order chi connectivity index (χ1) is 10.8. The highest BCUT2D eigenvalue weighted by Crippen LogP contribution is 2.31. The van der Waals surface area contributed by atoms with Gasteiger partial charge in [-0.15, -0.1) is 0 Å². The summed E-state index contributed by atoms with van der Waals surface area (Å²) in [5, 5.41) is 4.18. The van der Waals surface area contributed by atoms with Gasteiger partial charge in [0.15, 0.2) is 11.3 Å². The first-order valence-corrected chi connectivity index (χ1v) is 7.35. The summed E-state index contributed by atoms with van der Waals surface area (Å²) in [4.78, 5) is 7.83. The van der Waals surface area contributed by atoms with Crippen molar-refractivity contribution in [2.75, 3.05) is 0 Å². The van der Waals surface area contributed by atoms with E-state index in [4.69, 9.17) is 0 Å². The zero-order chi connectivity index (χ0) is 16.8. The van der Waals surface area contributed by atoms with Crippen molar-refractivity contribution < 1.29 is 13.2 Å². The molecule has 3 aromatic heterocycles. The molecule has 0 atom stereocenters. The van der Waals surface area contributed by atoms with Gasteiger partial charge in [-0.1, -0.05) is 0 Å². The summed E-state index contributed by atoms with van der Waals surface area (Å²) in [6.45, 7) is 1.35. The van der Waals surface area contributed by atoms with Crippen molar-refractivity contribution >= 4 is 33.7 Å². The molecule has 3 heterocycles. The van der Waals surface area contributed by atoms with Gasteiger partial charge in [-0.25, -0.2) is 14.5 Å². The topological polar surface area (TPSA) is 48.0 Å². The van der Waals surface area contributed by atoms with E-state index < -0.39 is 11.9 Å². The van der Waals surface area contributed by atoms with Crippen molar-refractivity contribution in [3.63, 3.8) is 0 Å². The third-order valence-electron chi connectivity index (χ3n) is 3.28. The van der Waals surface area contributed by atoms with E-state index in [0.29, 0.717) is 16.1 Å². The van der Waals surface area contributed by atoms with Crippen molar-refractivity contribution in [3.8, 4) is 0 Å². The number of imidazole rings is 2. The fraction of sp³-hybridized carbons (Fsp3) is 0.214. The lowest BCUT2D eigenvalue weighted by Crippen LogP contribution is -2.08. The lowest BCUT2D eigenvalue weighted by molar-refractivity contribution is -0.141. The van der Waals surface area contributed by atoms with Gasteiger partial charge in [0.1, 0.15) is 10.4 Å². The van der Waals surface area contributed by atoms with Gasteiger partial charge in [0.05, 0.1) is 11.4 Å². The summed E-state index contributed by atoms with van der Waals surface area (Å²) in [6.07, 6.45) is 0.718. The van der Waals surface area contributed by atoms with E-state index in [-0.39, 0.29) is 11.3 Å². The molecular weight excluding hydrogens is 375 g/mol. The minimum absolute atomic E-state index is 0.0394. The summed E-state index contributed by atoms with van der Waals surface area (Å²) < 4.78 is 42.3. The van der Waals surface area contributed by atoms with E-state index >= 15 is 0 Å². The molecule has 3 aromatic rings. The maximum Gasteiger partial charge on any atom is 0.435 e. The molecule has 0 spiro atoms. The van der Waals surface area contributed by atoms with Crippen molar-refractivity contribution in [3.05, 3.63) is 45.8 Å². The Morgan fingerprint density at radius 3 is 2.52 bits per heavy atom. The van der Waals surface area contributed by atoms with Crippen LogP contribution in [0.4, 0.5) is 13.2 Å². The lowest BCUT2D eigenvalue weighted by atomic mass is 10.3. The van der Waals surface area contributed by atoms with E-state index in [1.165, 1.54) is 17.5 Å². The van der Waals surface area contributed by atoms with Gasteiger partial charge in [-0.2, -0.15) is 18.3 Å². The van der Waals surface area contributed by atoms with Crippen LogP contribution in [0.15, 0.2) is 22.9 Å². The molecule has 120 valence electrons. The predicted octanol–water partition coefficient (Wildman–Crippen LogP) is 3.72. The minimum atomic E-state index is -4.49. The number of aryl methyl sites for hydroxylation is 2. The van der Waals surface area contributed by atoms with E-state index in [1.54, 1.807) is 24.4 Å². The number of hydrogen-bond donors (Lipinski definition) is 0. The van der Waals surface area contributed by atoms with Crippen molar-refractivity contribution in [2.24, 2.45) is 7.05 Å². The van der Waals surface area contributed by atoms with E-state index in [2.05, 4.69) is 31.0 Å². The Morgan fingerprint density at radius 1 is 1.17 bits per heavy atom. The highest BCUT2D eigenvalue weighted by molar-refractivity contribution is 9.10. The van der Waals surface area contributed by atoms with E-state index in [0.717, 1.165) is 0 Å². The van der Waals surface area contributed by atoms with Crippen LogP contribution in [0.1, 0.15) is 22.9 Å². The molecule has 0 fully saturated rings. The monoisotopic (exact) mass is 385 g/mol. The number of hydrogen-bond acceptors (Lipinski definition) is 3. The molecule has 9 heteroatoms. The first-order valence-electron chi connectivity index (χ1n) is 6.56. The fourth-order valence-corrected chi connectivity index (χ4v) is 2.66. The second-order valence-electron chi connectivity index (χ2n) is 4.94. The van der Waals surface area contributed by atoms with Crippen molar-refractivity contribution in [1.82, 2.24) is 24.1 Å². The first kappa shape index (κ1) is 15.7. The van der Waals surface area contributed by atoms with Crippen LogP contribution in [-0.2, 0) is 13.2 Å². The summed E-state index contributed by atoms with van der Waals surface area (Å²) in [5.41, 5.74) is -0.292. The molecule has 0 unspecified atom stereocenters. The van der Waals surface area contributed by atoms with Crippen LogP contribution in [0.5, 0.6) is 0 Å². The maximum atomic E-state index is 12.9. The van der Waals surface area contributed by atoms with E-state index in [9.17, 15) is 13.2 Å². The second-order valence-corrected chi connectivity index (χ2v) is 5.75. The standard InChI is InChI=1S/C14H11BrF3N5/c1-8-13(14(16,17)18)20-12-6-4-9(21-23(8)12)3-5-11-19-10(15)7-22(11)2/h3-7H,1-2H3/b5-3+. The molecule has 5 nitrogen and oxygen atoms in total. The molecule has 0 radical (unpaired) electrons. The van der Waals surface area contributed by atoms with Crippen LogP contribution >= 0.6 is 15.9 Å². The number of fused-ring (bicyclic) bond motifs is 1. The van der Waals surface area contributed by atoms with E-state index in [1.807, 2.05) is 11.6 Å². The zero-order valence-corrected chi connectivity index (χ0v) is 13.7. The number of rotatable bonds is 2. The predicted molar refractivity (Wildman–Crippen MR) is 82.6 cm³/mol. The average Bonchev–Trinajstić information content (AvgIpc) is 2.96. The largest absolute Gasteiger partial charge is 0.435 e. The number of halogens is 4. The molecule has 0 amide bonds. The smallest absolute Gasteiger partial charge is 0.333 e. The van der Waals surface area contributed by atoms with Crippen LogP contribution < -0.4 is 0 Å². The van der Waals surface area contributed by atoms with Gasteiger partial charge in [0.25, 0.3) is 0 Å². The van der Waals surface area contributed by atoms with Gasteiger partial charge in [0.2, 0.25) is 0 Å². The van der Waals surface area contributed by atoms with Gasteiger partial charge >= 0.3 is 6.18 Å². The molecule has 0 saturated carbocycles. The molecule has 3 rings (SSSR count). The van der Waals surface area contributed by atoms with Crippen LogP contribution in [0, 0.1) is 6.92 Å². The van der Waals surface area contributed by atoms with Crippen LogP contribution in [0.3, 0.4) is 0 Å². The summed E-state index contributed by atoms with van der Waals surface area (Å²) in [5.74, 6) is 0.692. The van der Waals surface area contributed by atoms with Crippen molar-refractivity contribution in [2.45, 2.75) is 13.1 Å². The molecule has 23 heavy (non-hydrogen) atoms. The molecule has 0 N–H and O–H groups in total. The molecular formula is C14H11BrF3N5. The highest BCUT2D eigenvalue weighted by Gasteiger charge is 2.36. The Bertz CT molecular complexity index is 907. The maximum absolute atomic E-state index is 12.9. The van der Waals surface area contributed by atoms with Crippen LogP contribution in [-0.4, -0.2) is 24.1 Å². The Kier molecular flexibility index (Phi) is 3.75. The number of aromatic nitrogens is 5. The summed E-state index contributed by atoms with van der Waals surface area (Å²) in [6, 6.07) is 3.11. The zero-order valence-electron chi connectivity index (χ0n) is 12.1. The molecule has 0 aliphatic rings. The highest BCUT2D eigenvalue weighted by atomic mass is 79.9. The number of nitrogens with zero attached hydrogens (tertiary/aromatic N) is 5. The molecule has 0 aromatic carbocycles. The summed E-state index contributed by atoms with van der Waals surface area (Å²) >= 11 is 3.27. The Hall–Kier alpha value is -2.16. The molecule has 0 aliphatic carbocycles. The molecule has 0 bridgehead atoms. The minimum Gasteiger partial charge on any atom is -0.333 e. The fourth-order valence-electron chi connectivity index (χ4n) is 2.17. The van der Waals surface area contributed by atoms with Gasteiger partial charge in [-0.05, 0) is 47.1 Å². The number of alkyl halides is 3.